The van der Waals surface area contributed by atoms with E-state index in [0.29, 0.717) is 22.8 Å². The molecular formula is C10H12N4S. The molecule has 0 atom stereocenters. The lowest BCUT2D eigenvalue weighted by Crippen LogP contribution is -2.04. The van der Waals surface area contributed by atoms with Gasteiger partial charge in [0.15, 0.2) is 5.16 Å². The summed E-state index contributed by atoms with van der Waals surface area (Å²) < 4.78 is 0. The van der Waals surface area contributed by atoms with Crippen molar-refractivity contribution in [3.8, 4) is 6.07 Å². The smallest absolute Gasteiger partial charge is 0.190 e. The van der Waals surface area contributed by atoms with Crippen LogP contribution in [0.15, 0.2) is 17.8 Å². The summed E-state index contributed by atoms with van der Waals surface area (Å²) in [5.74, 6) is 0.991. The lowest BCUT2D eigenvalue weighted by Gasteiger charge is -2.05. The first kappa shape index (κ1) is 11.5. The van der Waals surface area contributed by atoms with Crippen molar-refractivity contribution in [1.82, 2.24) is 9.97 Å². The molecule has 78 valence electrons. The van der Waals surface area contributed by atoms with Crippen LogP contribution in [-0.2, 0) is 6.42 Å². The van der Waals surface area contributed by atoms with Gasteiger partial charge in [-0.1, -0.05) is 24.8 Å². The van der Waals surface area contributed by atoms with Crippen LogP contribution in [0, 0.1) is 11.3 Å². The van der Waals surface area contributed by atoms with Crippen molar-refractivity contribution in [3.63, 3.8) is 0 Å². The Bertz CT molecular complexity index is 409. The van der Waals surface area contributed by atoms with Gasteiger partial charge >= 0.3 is 0 Å². The molecule has 0 unspecified atom stereocenters. The van der Waals surface area contributed by atoms with Gasteiger partial charge in [-0.3, -0.25) is 0 Å². The predicted octanol–water partition coefficient (Wildman–Crippen LogP) is 1.77. The fourth-order valence-electron chi connectivity index (χ4n) is 1.08. The lowest BCUT2D eigenvalue weighted by molar-refractivity contribution is 0.890. The number of rotatable bonds is 4. The third-order valence-corrected chi connectivity index (χ3v) is 2.61. The van der Waals surface area contributed by atoms with Crippen LogP contribution in [0.4, 0.5) is 5.82 Å². The monoisotopic (exact) mass is 220 g/mol. The first-order valence-electron chi connectivity index (χ1n) is 4.53. The van der Waals surface area contributed by atoms with E-state index in [1.54, 1.807) is 6.08 Å². The minimum atomic E-state index is 0.260. The molecule has 4 nitrogen and oxygen atoms in total. The molecule has 0 aliphatic carbocycles. The Morgan fingerprint density at radius 3 is 2.87 bits per heavy atom. The molecule has 0 fully saturated rings. The fraction of sp³-hybridized carbons (Fsp3) is 0.300. The van der Waals surface area contributed by atoms with Crippen LogP contribution >= 0.6 is 11.8 Å². The second kappa shape index (κ2) is 5.37. The van der Waals surface area contributed by atoms with Crippen LogP contribution in [0.2, 0.25) is 0 Å². The summed E-state index contributed by atoms with van der Waals surface area (Å²) in [6.45, 7) is 5.55. The molecule has 0 saturated carbocycles. The van der Waals surface area contributed by atoms with Crippen LogP contribution in [0.3, 0.4) is 0 Å². The maximum atomic E-state index is 8.86. The second-order valence-electron chi connectivity index (χ2n) is 2.78. The lowest BCUT2D eigenvalue weighted by atomic mass is 10.2. The summed E-state index contributed by atoms with van der Waals surface area (Å²) >= 11 is 1.45. The molecule has 0 aliphatic rings. The molecule has 0 radical (unpaired) electrons. The number of nitriles is 1. The zero-order chi connectivity index (χ0) is 11.3. The van der Waals surface area contributed by atoms with E-state index in [-0.39, 0.29) is 5.82 Å². The van der Waals surface area contributed by atoms with E-state index in [2.05, 4.69) is 16.5 Å². The van der Waals surface area contributed by atoms with E-state index in [9.17, 15) is 0 Å². The van der Waals surface area contributed by atoms with Crippen LogP contribution in [-0.4, -0.2) is 15.7 Å². The third kappa shape index (κ3) is 2.70. The molecule has 0 amide bonds. The molecule has 5 heteroatoms. The van der Waals surface area contributed by atoms with E-state index < -0.39 is 0 Å². The molecule has 0 spiro atoms. The van der Waals surface area contributed by atoms with Gasteiger partial charge in [-0.2, -0.15) is 5.26 Å². The van der Waals surface area contributed by atoms with Crippen molar-refractivity contribution in [2.24, 2.45) is 0 Å². The zero-order valence-corrected chi connectivity index (χ0v) is 9.34. The number of thioether (sulfide) groups is 1. The Morgan fingerprint density at radius 2 is 2.33 bits per heavy atom. The molecule has 1 aromatic rings. The summed E-state index contributed by atoms with van der Waals surface area (Å²) in [4.78, 5) is 8.31. The topological polar surface area (TPSA) is 75.6 Å². The standard InChI is InChI=1S/C10H12N4S/c1-3-5-15-10-13-8(4-2)7(6-11)9(12)14-10/h3H,1,4-5H2,2H3,(H2,12,13,14). The summed E-state index contributed by atoms with van der Waals surface area (Å²) in [5.41, 5.74) is 6.76. The van der Waals surface area contributed by atoms with Crippen LogP contribution in [0.5, 0.6) is 0 Å². The highest BCUT2D eigenvalue weighted by Crippen LogP contribution is 2.19. The molecule has 1 heterocycles. The van der Waals surface area contributed by atoms with Crippen LogP contribution in [0.25, 0.3) is 0 Å². The van der Waals surface area contributed by atoms with Gasteiger partial charge in [0, 0.05) is 5.75 Å². The first-order valence-corrected chi connectivity index (χ1v) is 5.51. The number of hydrogen-bond acceptors (Lipinski definition) is 5. The molecule has 0 aliphatic heterocycles. The zero-order valence-electron chi connectivity index (χ0n) is 8.53. The number of aryl methyl sites for hydroxylation is 1. The number of nitrogens with zero attached hydrogens (tertiary/aromatic N) is 3. The van der Waals surface area contributed by atoms with Gasteiger partial charge in [0.05, 0.1) is 5.69 Å². The van der Waals surface area contributed by atoms with Gasteiger partial charge in [-0.05, 0) is 6.42 Å². The number of nitrogen functional groups attached to an aromatic ring is 1. The van der Waals surface area contributed by atoms with Gasteiger partial charge in [-0.25, -0.2) is 9.97 Å². The van der Waals surface area contributed by atoms with E-state index in [1.165, 1.54) is 11.8 Å². The van der Waals surface area contributed by atoms with Gasteiger partial charge in [0.2, 0.25) is 0 Å². The molecule has 0 bridgehead atoms. The highest BCUT2D eigenvalue weighted by Gasteiger charge is 2.10. The molecule has 0 aromatic carbocycles. The minimum Gasteiger partial charge on any atom is -0.382 e. The number of hydrogen-bond donors (Lipinski definition) is 1. The van der Waals surface area contributed by atoms with Crippen molar-refractivity contribution in [2.45, 2.75) is 18.5 Å². The number of aromatic nitrogens is 2. The maximum absolute atomic E-state index is 8.86. The maximum Gasteiger partial charge on any atom is 0.190 e. The number of anilines is 1. The van der Waals surface area contributed by atoms with Gasteiger partial charge in [-0.15, -0.1) is 6.58 Å². The SMILES string of the molecule is C=CCSc1nc(N)c(C#N)c(CC)n1. The van der Waals surface area contributed by atoms with Crippen molar-refractivity contribution >= 4 is 17.6 Å². The molecule has 15 heavy (non-hydrogen) atoms. The van der Waals surface area contributed by atoms with Gasteiger partial charge < -0.3 is 5.73 Å². The van der Waals surface area contributed by atoms with Crippen LogP contribution < -0.4 is 5.73 Å². The Morgan fingerprint density at radius 1 is 1.60 bits per heavy atom. The highest BCUT2D eigenvalue weighted by atomic mass is 32.2. The quantitative estimate of drug-likeness (QED) is 0.475. The van der Waals surface area contributed by atoms with Crippen molar-refractivity contribution in [2.75, 3.05) is 11.5 Å². The average molecular weight is 220 g/mol. The van der Waals surface area contributed by atoms with Crippen molar-refractivity contribution < 1.29 is 0 Å². The van der Waals surface area contributed by atoms with Gasteiger partial charge in [0.1, 0.15) is 17.5 Å². The minimum absolute atomic E-state index is 0.260. The summed E-state index contributed by atoms with van der Waals surface area (Å²) in [7, 11) is 0. The normalized spacial score (nSPS) is 9.60. The Balaban J connectivity index is 3.09. The second-order valence-corrected chi connectivity index (χ2v) is 3.77. The Kier molecular flexibility index (Phi) is 4.13. The number of nitrogens with two attached hydrogens (primary N) is 1. The molecule has 1 rings (SSSR count). The summed E-state index contributed by atoms with van der Waals surface area (Å²) in [5, 5.41) is 9.46. The summed E-state index contributed by atoms with van der Waals surface area (Å²) in [6, 6.07) is 2.02. The highest BCUT2D eigenvalue weighted by molar-refractivity contribution is 7.99. The Hall–Kier alpha value is -1.54. The van der Waals surface area contributed by atoms with E-state index >= 15 is 0 Å². The van der Waals surface area contributed by atoms with Gasteiger partial charge in [0.25, 0.3) is 0 Å². The largest absolute Gasteiger partial charge is 0.382 e. The van der Waals surface area contributed by atoms with E-state index in [0.717, 1.165) is 5.75 Å². The molecule has 2 N–H and O–H groups in total. The van der Waals surface area contributed by atoms with Crippen molar-refractivity contribution in [3.05, 3.63) is 23.9 Å². The van der Waals surface area contributed by atoms with Crippen molar-refractivity contribution in [1.29, 1.82) is 5.26 Å². The average Bonchev–Trinajstić information content (AvgIpc) is 2.25. The van der Waals surface area contributed by atoms with E-state index in [4.69, 9.17) is 11.0 Å². The molecule has 1 aromatic heterocycles. The molecular weight excluding hydrogens is 208 g/mol. The molecule has 0 saturated heterocycles. The summed E-state index contributed by atoms with van der Waals surface area (Å²) in [6.07, 6.45) is 2.45. The van der Waals surface area contributed by atoms with Crippen LogP contribution in [0.1, 0.15) is 18.2 Å². The van der Waals surface area contributed by atoms with E-state index in [1.807, 2.05) is 13.0 Å². The predicted molar refractivity (Wildman–Crippen MR) is 61.5 cm³/mol. The fourth-order valence-corrected chi connectivity index (χ4v) is 1.68. The first-order chi connectivity index (χ1) is 7.22. The third-order valence-electron chi connectivity index (χ3n) is 1.77. The Labute approximate surface area is 93.2 Å².